The van der Waals surface area contributed by atoms with E-state index in [2.05, 4.69) is 5.32 Å². The number of likely N-dealkylation sites (tertiary alicyclic amines) is 1. The Balaban J connectivity index is 1.85. The number of hydrogen-bond acceptors (Lipinski definition) is 3. The second kappa shape index (κ2) is 6.26. The molecule has 0 saturated carbocycles. The normalized spacial score (nSPS) is 19.0. The van der Waals surface area contributed by atoms with Crippen LogP contribution in [0, 0.1) is 6.92 Å². The predicted molar refractivity (Wildman–Crippen MR) is 76.5 cm³/mol. The molecule has 7 heteroatoms. The van der Waals surface area contributed by atoms with Gasteiger partial charge >= 0.3 is 6.18 Å². The van der Waals surface area contributed by atoms with Crippen LogP contribution >= 0.6 is 0 Å². The van der Waals surface area contributed by atoms with Gasteiger partial charge in [0.05, 0.1) is 6.54 Å². The van der Waals surface area contributed by atoms with Gasteiger partial charge in [0.15, 0.2) is 5.60 Å². The first kappa shape index (κ1) is 16.8. The van der Waals surface area contributed by atoms with Gasteiger partial charge in [0.2, 0.25) is 5.91 Å². The second-order valence-corrected chi connectivity index (χ2v) is 5.72. The van der Waals surface area contributed by atoms with Crippen molar-refractivity contribution in [1.82, 2.24) is 4.90 Å². The molecule has 0 atom stereocenters. The van der Waals surface area contributed by atoms with Crippen molar-refractivity contribution < 1.29 is 23.1 Å². The highest BCUT2D eigenvalue weighted by atomic mass is 19.4. The molecule has 1 aliphatic rings. The summed E-state index contributed by atoms with van der Waals surface area (Å²) in [6.45, 7) is 1.99. The van der Waals surface area contributed by atoms with Crippen LogP contribution in [0.3, 0.4) is 0 Å². The first-order valence-corrected chi connectivity index (χ1v) is 7.08. The number of alkyl halides is 3. The second-order valence-electron chi connectivity index (χ2n) is 5.72. The van der Waals surface area contributed by atoms with Crippen LogP contribution in [0.5, 0.6) is 0 Å². The Morgan fingerprint density at radius 1 is 1.36 bits per heavy atom. The Kier molecular flexibility index (Phi) is 4.77. The molecule has 0 aromatic heterocycles. The fourth-order valence-electron chi connectivity index (χ4n) is 2.49. The van der Waals surface area contributed by atoms with E-state index >= 15 is 0 Å². The molecule has 1 aliphatic heterocycles. The largest absolute Gasteiger partial charge is 0.417 e. The summed E-state index contributed by atoms with van der Waals surface area (Å²) in [7, 11) is 0. The lowest BCUT2D eigenvalue weighted by atomic mass is 9.91. The van der Waals surface area contributed by atoms with Gasteiger partial charge < -0.3 is 10.4 Å². The van der Waals surface area contributed by atoms with Gasteiger partial charge in [-0.25, -0.2) is 0 Å². The zero-order chi connectivity index (χ0) is 16.4. The number of amides is 1. The summed E-state index contributed by atoms with van der Waals surface area (Å²) in [5.41, 5.74) is -0.962. The van der Waals surface area contributed by atoms with Crippen molar-refractivity contribution >= 4 is 11.6 Å². The number of rotatable bonds is 3. The average molecular weight is 316 g/mol. The Morgan fingerprint density at radius 2 is 2.00 bits per heavy atom. The Labute approximate surface area is 126 Å². The van der Waals surface area contributed by atoms with Crippen LogP contribution in [0.1, 0.15) is 18.4 Å². The van der Waals surface area contributed by atoms with Gasteiger partial charge in [0.1, 0.15) is 0 Å². The average Bonchev–Trinajstić information content (AvgIpc) is 2.40. The van der Waals surface area contributed by atoms with E-state index in [9.17, 15) is 23.1 Å². The van der Waals surface area contributed by atoms with Gasteiger partial charge in [-0.3, -0.25) is 9.69 Å². The molecule has 2 rings (SSSR count). The molecule has 2 N–H and O–H groups in total. The summed E-state index contributed by atoms with van der Waals surface area (Å²) in [5, 5.41) is 12.3. The molecule has 0 unspecified atom stereocenters. The minimum Gasteiger partial charge on any atom is -0.380 e. The maximum absolute atomic E-state index is 12.7. The summed E-state index contributed by atoms with van der Waals surface area (Å²) >= 11 is 0. The van der Waals surface area contributed by atoms with Crippen molar-refractivity contribution in [2.45, 2.75) is 31.5 Å². The molecule has 0 radical (unpaired) electrons. The summed E-state index contributed by atoms with van der Waals surface area (Å²) in [6.07, 6.45) is -5.44. The highest BCUT2D eigenvalue weighted by Crippen LogP contribution is 2.38. The van der Waals surface area contributed by atoms with Gasteiger partial charge in [-0.05, 0) is 37.5 Å². The molecule has 1 heterocycles. The van der Waals surface area contributed by atoms with Crippen LogP contribution in [0.25, 0.3) is 0 Å². The number of nitrogens with zero attached hydrogens (tertiary/aromatic N) is 1. The fourth-order valence-corrected chi connectivity index (χ4v) is 2.49. The number of carbonyl (C=O) groups excluding carboxylic acids is 1. The molecule has 4 nitrogen and oxygen atoms in total. The maximum atomic E-state index is 12.7. The van der Waals surface area contributed by atoms with Crippen LogP contribution in [0.2, 0.25) is 0 Å². The Hall–Kier alpha value is -1.60. The maximum Gasteiger partial charge on any atom is 0.417 e. The van der Waals surface area contributed by atoms with Crippen molar-refractivity contribution in [2.75, 3.05) is 25.0 Å². The Bertz CT molecular complexity index is 538. The van der Waals surface area contributed by atoms with E-state index in [4.69, 9.17) is 0 Å². The fraction of sp³-hybridized carbons (Fsp3) is 0.533. The molecular formula is C15H19F3N2O2. The monoisotopic (exact) mass is 316 g/mol. The molecule has 0 bridgehead atoms. The van der Waals surface area contributed by atoms with Crippen molar-refractivity contribution in [3.05, 3.63) is 29.8 Å². The highest BCUT2D eigenvalue weighted by Gasteiger charge is 2.54. The van der Waals surface area contributed by atoms with E-state index in [1.807, 2.05) is 25.1 Å². The van der Waals surface area contributed by atoms with Crippen molar-refractivity contribution in [3.63, 3.8) is 0 Å². The quantitative estimate of drug-likeness (QED) is 0.900. The van der Waals surface area contributed by atoms with Crippen molar-refractivity contribution in [1.29, 1.82) is 0 Å². The SMILES string of the molecule is Cc1cccc(NC(=O)CN2CCC(O)(C(F)(F)F)CC2)c1. The summed E-state index contributed by atoms with van der Waals surface area (Å²) in [6, 6.07) is 7.29. The molecule has 1 aromatic rings. The third kappa shape index (κ3) is 3.98. The summed E-state index contributed by atoms with van der Waals surface area (Å²) in [4.78, 5) is 13.5. The third-order valence-electron chi connectivity index (χ3n) is 3.88. The zero-order valence-corrected chi connectivity index (χ0v) is 12.3. The first-order valence-electron chi connectivity index (χ1n) is 7.08. The lowest BCUT2D eigenvalue weighted by Gasteiger charge is -2.38. The highest BCUT2D eigenvalue weighted by molar-refractivity contribution is 5.92. The third-order valence-corrected chi connectivity index (χ3v) is 3.88. The van der Waals surface area contributed by atoms with Crippen LogP contribution < -0.4 is 5.32 Å². The van der Waals surface area contributed by atoms with Crippen LogP contribution in [-0.4, -0.2) is 47.3 Å². The molecule has 1 saturated heterocycles. The van der Waals surface area contributed by atoms with Gasteiger partial charge in [0, 0.05) is 18.8 Å². The molecule has 0 spiro atoms. The lowest BCUT2D eigenvalue weighted by Crippen LogP contribution is -2.54. The number of halogens is 3. The van der Waals surface area contributed by atoms with E-state index in [0.29, 0.717) is 5.69 Å². The van der Waals surface area contributed by atoms with Gasteiger partial charge in [-0.2, -0.15) is 13.2 Å². The lowest BCUT2D eigenvalue weighted by molar-refractivity contribution is -0.272. The standard InChI is InChI=1S/C15H19F3N2O2/c1-11-3-2-4-12(9-11)19-13(21)10-20-7-5-14(22,6-8-20)15(16,17)18/h2-4,9,22H,5-8,10H2,1H3,(H,19,21). The number of hydrogen-bond donors (Lipinski definition) is 2. The predicted octanol–water partition coefficient (Wildman–Crippen LogP) is 2.32. The molecule has 1 amide bonds. The first-order chi connectivity index (χ1) is 10.2. The van der Waals surface area contributed by atoms with Gasteiger partial charge in [-0.15, -0.1) is 0 Å². The van der Waals surface area contributed by atoms with E-state index in [-0.39, 0.29) is 25.5 Å². The summed E-state index contributed by atoms with van der Waals surface area (Å²) in [5.74, 6) is -0.275. The number of piperidine rings is 1. The van der Waals surface area contributed by atoms with Gasteiger partial charge in [-0.1, -0.05) is 12.1 Å². The van der Waals surface area contributed by atoms with Crippen LogP contribution in [-0.2, 0) is 4.79 Å². The molecule has 1 fully saturated rings. The number of nitrogens with one attached hydrogen (secondary N) is 1. The molecule has 122 valence electrons. The van der Waals surface area contributed by atoms with E-state index in [0.717, 1.165) is 5.56 Å². The molecule has 0 aliphatic carbocycles. The number of aryl methyl sites for hydroxylation is 1. The number of benzene rings is 1. The van der Waals surface area contributed by atoms with Gasteiger partial charge in [0.25, 0.3) is 0 Å². The minimum absolute atomic E-state index is 0.0158. The molecular weight excluding hydrogens is 297 g/mol. The minimum atomic E-state index is -4.62. The topological polar surface area (TPSA) is 52.6 Å². The zero-order valence-electron chi connectivity index (χ0n) is 12.3. The van der Waals surface area contributed by atoms with Crippen LogP contribution in [0.15, 0.2) is 24.3 Å². The summed E-state index contributed by atoms with van der Waals surface area (Å²) < 4.78 is 38.1. The number of carbonyl (C=O) groups is 1. The van der Waals surface area contributed by atoms with Crippen molar-refractivity contribution in [2.24, 2.45) is 0 Å². The Morgan fingerprint density at radius 3 is 2.55 bits per heavy atom. The van der Waals surface area contributed by atoms with E-state index in [1.165, 1.54) is 0 Å². The van der Waals surface area contributed by atoms with E-state index in [1.54, 1.807) is 11.0 Å². The number of anilines is 1. The van der Waals surface area contributed by atoms with Crippen LogP contribution in [0.4, 0.5) is 18.9 Å². The number of aliphatic hydroxyl groups is 1. The molecule has 22 heavy (non-hydrogen) atoms. The van der Waals surface area contributed by atoms with Crippen molar-refractivity contribution in [3.8, 4) is 0 Å². The molecule has 1 aromatic carbocycles. The van der Waals surface area contributed by atoms with E-state index < -0.39 is 24.6 Å². The smallest absolute Gasteiger partial charge is 0.380 e.